The van der Waals surface area contributed by atoms with Gasteiger partial charge in [0.2, 0.25) is 5.91 Å². The van der Waals surface area contributed by atoms with E-state index in [0.29, 0.717) is 22.0 Å². The molecule has 3 aromatic carbocycles. The van der Waals surface area contributed by atoms with E-state index in [2.05, 4.69) is 10.6 Å². The Morgan fingerprint density at radius 1 is 0.871 bits per heavy atom. The van der Waals surface area contributed by atoms with Crippen molar-refractivity contribution >= 4 is 52.5 Å². The van der Waals surface area contributed by atoms with Gasteiger partial charge >= 0.3 is 5.97 Å². The lowest BCUT2D eigenvalue weighted by molar-refractivity contribution is -0.115. The highest BCUT2D eigenvalue weighted by Gasteiger charge is 2.15. The predicted octanol–water partition coefficient (Wildman–Crippen LogP) is 5.41. The molecule has 0 aliphatic rings. The van der Waals surface area contributed by atoms with Crippen LogP contribution in [0.5, 0.6) is 0 Å². The smallest absolute Gasteiger partial charge is 0.335 e. The lowest BCUT2D eigenvalue weighted by Gasteiger charge is -2.13. The number of thioether (sulfide) groups is 1. The van der Waals surface area contributed by atoms with Gasteiger partial charge in [-0.1, -0.05) is 23.7 Å². The van der Waals surface area contributed by atoms with E-state index in [1.165, 1.54) is 23.9 Å². The van der Waals surface area contributed by atoms with Gasteiger partial charge in [0.05, 0.1) is 10.8 Å². The van der Waals surface area contributed by atoms with Crippen molar-refractivity contribution in [2.45, 2.75) is 17.1 Å². The van der Waals surface area contributed by atoms with Gasteiger partial charge in [-0.2, -0.15) is 0 Å². The third-order valence-corrected chi connectivity index (χ3v) is 5.61. The first-order chi connectivity index (χ1) is 14.8. The van der Waals surface area contributed by atoms with Crippen molar-refractivity contribution in [2.24, 2.45) is 0 Å². The van der Waals surface area contributed by atoms with Crippen molar-refractivity contribution in [1.82, 2.24) is 0 Å². The average molecular weight is 455 g/mol. The summed E-state index contributed by atoms with van der Waals surface area (Å²) in [7, 11) is 0. The fraction of sp³-hybridized carbons (Fsp3) is 0.0870. The van der Waals surface area contributed by atoms with Gasteiger partial charge in [0.1, 0.15) is 0 Å². The second kappa shape index (κ2) is 10.1. The van der Waals surface area contributed by atoms with Crippen LogP contribution >= 0.6 is 23.4 Å². The summed E-state index contributed by atoms with van der Waals surface area (Å²) < 4.78 is 0. The van der Waals surface area contributed by atoms with Crippen LogP contribution in [0.4, 0.5) is 11.4 Å². The number of aromatic carboxylic acids is 1. The number of carboxylic acids is 1. The van der Waals surface area contributed by atoms with Gasteiger partial charge < -0.3 is 15.7 Å². The van der Waals surface area contributed by atoms with Crippen molar-refractivity contribution < 1.29 is 19.5 Å². The summed E-state index contributed by atoms with van der Waals surface area (Å²) in [5.41, 5.74) is 1.62. The summed E-state index contributed by atoms with van der Waals surface area (Å²) in [5.74, 6) is -1.56. The van der Waals surface area contributed by atoms with Crippen LogP contribution in [0.3, 0.4) is 0 Å². The molecule has 3 rings (SSSR count). The van der Waals surface area contributed by atoms with E-state index in [-0.39, 0.29) is 17.4 Å². The van der Waals surface area contributed by atoms with Gasteiger partial charge in [0.25, 0.3) is 5.91 Å². The van der Waals surface area contributed by atoms with Gasteiger partial charge in [0, 0.05) is 26.9 Å². The minimum atomic E-state index is -1.05. The molecule has 0 aliphatic heterocycles. The largest absolute Gasteiger partial charge is 0.478 e. The third kappa shape index (κ3) is 6.34. The summed E-state index contributed by atoms with van der Waals surface area (Å²) >= 11 is 7.27. The third-order valence-electron chi connectivity index (χ3n) is 4.26. The van der Waals surface area contributed by atoms with Gasteiger partial charge in [-0.3, -0.25) is 9.59 Å². The zero-order valence-corrected chi connectivity index (χ0v) is 18.0. The number of carbonyl (C=O) groups is 3. The molecular weight excluding hydrogens is 436 g/mol. The maximum Gasteiger partial charge on any atom is 0.335 e. The fourth-order valence-corrected chi connectivity index (χ4v) is 3.74. The van der Waals surface area contributed by atoms with Crippen LogP contribution in [0.25, 0.3) is 0 Å². The molecule has 6 nitrogen and oxygen atoms in total. The molecule has 1 atom stereocenters. The highest BCUT2D eigenvalue weighted by molar-refractivity contribution is 8.00. The maximum absolute atomic E-state index is 12.4. The monoisotopic (exact) mass is 454 g/mol. The number of benzene rings is 3. The molecule has 0 heterocycles. The second-order valence-corrected chi connectivity index (χ2v) is 8.47. The fourth-order valence-electron chi connectivity index (χ4n) is 2.68. The molecule has 0 bridgehead atoms. The number of rotatable bonds is 7. The molecule has 0 fully saturated rings. The lowest BCUT2D eigenvalue weighted by atomic mass is 10.2. The van der Waals surface area contributed by atoms with Crippen LogP contribution in [0.1, 0.15) is 27.6 Å². The number of halogens is 1. The molecular formula is C23H19ClN2O4S. The SMILES string of the molecule is CC(Sc1ccc(NC(=O)c2cccc(Cl)c2)cc1)C(=O)Nc1cccc(C(=O)O)c1. The van der Waals surface area contributed by atoms with Gasteiger partial charge in [-0.25, -0.2) is 4.79 Å². The number of anilines is 2. The highest BCUT2D eigenvalue weighted by Crippen LogP contribution is 2.26. The number of hydrogen-bond donors (Lipinski definition) is 3. The Bertz CT molecular complexity index is 1120. The molecule has 8 heteroatoms. The molecule has 2 amide bonds. The van der Waals surface area contributed by atoms with Crippen LogP contribution in [0, 0.1) is 0 Å². The van der Waals surface area contributed by atoms with Gasteiger partial charge in [0.15, 0.2) is 0 Å². The van der Waals surface area contributed by atoms with E-state index in [1.807, 2.05) is 12.1 Å². The van der Waals surface area contributed by atoms with Crippen molar-refractivity contribution in [3.05, 3.63) is 88.9 Å². The summed E-state index contributed by atoms with van der Waals surface area (Å²) in [6, 6.07) is 19.9. The van der Waals surface area contributed by atoms with Crippen LogP contribution < -0.4 is 10.6 Å². The second-order valence-electron chi connectivity index (χ2n) is 6.62. The number of carboxylic acid groups (broad SMARTS) is 1. The molecule has 1 unspecified atom stereocenters. The molecule has 0 aliphatic carbocycles. The Morgan fingerprint density at radius 2 is 1.55 bits per heavy atom. The van der Waals surface area contributed by atoms with Crippen molar-refractivity contribution in [2.75, 3.05) is 10.6 Å². The summed E-state index contributed by atoms with van der Waals surface area (Å²) in [6.07, 6.45) is 0. The van der Waals surface area contributed by atoms with E-state index < -0.39 is 11.2 Å². The Morgan fingerprint density at radius 3 is 2.23 bits per heavy atom. The zero-order valence-electron chi connectivity index (χ0n) is 16.5. The van der Waals surface area contributed by atoms with E-state index in [0.717, 1.165) is 4.90 Å². The first-order valence-electron chi connectivity index (χ1n) is 9.29. The number of nitrogens with one attached hydrogen (secondary N) is 2. The number of carbonyl (C=O) groups excluding carboxylic acids is 2. The minimum Gasteiger partial charge on any atom is -0.478 e. The van der Waals surface area contributed by atoms with Crippen LogP contribution in [-0.2, 0) is 4.79 Å². The first-order valence-corrected chi connectivity index (χ1v) is 10.6. The normalized spacial score (nSPS) is 11.4. The zero-order chi connectivity index (χ0) is 22.4. The Kier molecular flexibility index (Phi) is 7.33. The predicted molar refractivity (Wildman–Crippen MR) is 123 cm³/mol. The van der Waals surface area contributed by atoms with Crippen LogP contribution in [0.15, 0.2) is 77.7 Å². The number of amides is 2. The van der Waals surface area contributed by atoms with Crippen LogP contribution in [0.2, 0.25) is 5.02 Å². The molecule has 0 spiro atoms. The topological polar surface area (TPSA) is 95.5 Å². The summed E-state index contributed by atoms with van der Waals surface area (Å²) in [6.45, 7) is 1.76. The Balaban J connectivity index is 1.57. The maximum atomic E-state index is 12.4. The first kappa shape index (κ1) is 22.4. The van der Waals surface area contributed by atoms with Gasteiger partial charge in [-0.15, -0.1) is 11.8 Å². The molecule has 0 aromatic heterocycles. The van der Waals surface area contributed by atoms with E-state index in [4.69, 9.17) is 16.7 Å². The summed E-state index contributed by atoms with van der Waals surface area (Å²) in [5, 5.41) is 14.7. The highest BCUT2D eigenvalue weighted by atomic mass is 35.5. The molecule has 158 valence electrons. The minimum absolute atomic E-state index is 0.105. The van der Waals surface area contributed by atoms with Crippen LogP contribution in [-0.4, -0.2) is 28.1 Å². The lowest BCUT2D eigenvalue weighted by Crippen LogP contribution is -2.22. The quantitative estimate of drug-likeness (QED) is 0.415. The van der Waals surface area contributed by atoms with Gasteiger partial charge in [-0.05, 0) is 67.6 Å². The van der Waals surface area contributed by atoms with E-state index in [1.54, 1.807) is 55.5 Å². The molecule has 0 radical (unpaired) electrons. The van der Waals surface area contributed by atoms with Crippen molar-refractivity contribution in [3.63, 3.8) is 0 Å². The average Bonchev–Trinajstić information content (AvgIpc) is 2.75. The summed E-state index contributed by atoms with van der Waals surface area (Å²) in [4.78, 5) is 36.6. The molecule has 0 saturated carbocycles. The Labute approximate surface area is 188 Å². The number of hydrogen-bond acceptors (Lipinski definition) is 4. The standard InChI is InChI=1S/C23H19ClN2O4S/c1-14(21(27)26-19-7-3-5-16(13-19)23(29)30)31-20-10-8-18(9-11-20)25-22(28)15-4-2-6-17(24)12-15/h2-14H,1H3,(H,25,28)(H,26,27)(H,29,30). The molecule has 0 saturated heterocycles. The molecule has 3 aromatic rings. The van der Waals surface area contributed by atoms with E-state index >= 15 is 0 Å². The van der Waals surface area contributed by atoms with Crippen molar-refractivity contribution in [1.29, 1.82) is 0 Å². The molecule has 31 heavy (non-hydrogen) atoms. The van der Waals surface area contributed by atoms with Crippen molar-refractivity contribution in [3.8, 4) is 0 Å². The Hall–Kier alpha value is -3.29. The van der Waals surface area contributed by atoms with E-state index in [9.17, 15) is 14.4 Å². The molecule has 3 N–H and O–H groups in total.